The molecular weight excluding hydrogens is 636 g/mol. The number of carbonyl (C=O) groups excluding carboxylic acids is 2. The van der Waals surface area contributed by atoms with Gasteiger partial charge in [0, 0.05) is 25.1 Å². The molecule has 0 heterocycles. The Labute approximate surface area is 273 Å². The van der Waals surface area contributed by atoms with E-state index in [0.717, 1.165) is 9.87 Å². The van der Waals surface area contributed by atoms with Gasteiger partial charge in [0.25, 0.3) is 10.0 Å². The summed E-state index contributed by atoms with van der Waals surface area (Å²) in [5.74, 6) is -1.59. The molecule has 1 N–H and O–H groups in total. The minimum Gasteiger partial charge on any atom is -0.354 e. The van der Waals surface area contributed by atoms with Crippen LogP contribution in [0.2, 0.25) is 10.0 Å². The standard InChI is InChI=1S/C34H34Cl2FN3O4S/c1-24(2)21-38-34(42)32(19-25-11-5-3-6-12-25)39(22-26-13-9-10-16-31(26)37)33(41)23-40(27-17-18-29(35)30(36)20-27)45(43,44)28-14-7-4-8-15-28/h3-18,20,24,32H,19,21-23H2,1-2H3,(H,38,42). The molecule has 0 fully saturated rings. The van der Waals surface area contributed by atoms with Crippen LogP contribution in [0, 0.1) is 11.7 Å². The monoisotopic (exact) mass is 669 g/mol. The molecule has 1 unspecified atom stereocenters. The molecule has 4 rings (SSSR count). The van der Waals surface area contributed by atoms with Crippen LogP contribution in [0.3, 0.4) is 0 Å². The summed E-state index contributed by atoms with van der Waals surface area (Å²) in [6.45, 7) is 3.26. The lowest BCUT2D eigenvalue weighted by molar-refractivity contribution is -0.140. The number of rotatable bonds is 13. The number of sulfonamides is 1. The Morgan fingerprint density at radius 2 is 1.47 bits per heavy atom. The van der Waals surface area contributed by atoms with E-state index >= 15 is 4.39 Å². The van der Waals surface area contributed by atoms with Crippen LogP contribution in [-0.4, -0.2) is 44.3 Å². The highest BCUT2D eigenvalue weighted by atomic mass is 35.5. The lowest BCUT2D eigenvalue weighted by Crippen LogP contribution is -2.53. The maximum Gasteiger partial charge on any atom is 0.264 e. The quantitative estimate of drug-likeness (QED) is 0.171. The summed E-state index contributed by atoms with van der Waals surface area (Å²) in [6, 6.07) is 25.9. The summed E-state index contributed by atoms with van der Waals surface area (Å²) in [5, 5.41) is 3.20. The molecule has 0 aliphatic heterocycles. The van der Waals surface area contributed by atoms with Gasteiger partial charge in [-0.2, -0.15) is 0 Å². The van der Waals surface area contributed by atoms with Crippen molar-refractivity contribution in [2.24, 2.45) is 5.92 Å². The van der Waals surface area contributed by atoms with Crippen LogP contribution >= 0.6 is 23.2 Å². The second-order valence-corrected chi connectivity index (χ2v) is 13.6. The van der Waals surface area contributed by atoms with Crippen LogP contribution in [-0.2, 0) is 32.6 Å². The van der Waals surface area contributed by atoms with Crippen LogP contribution < -0.4 is 9.62 Å². The number of nitrogens with one attached hydrogen (secondary N) is 1. The van der Waals surface area contributed by atoms with Gasteiger partial charge in [0.15, 0.2) is 0 Å². The number of amides is 2. The summed E-state index contributed by atoms with van der Waals surface area (Å²) in [5.41, 5.74) is 1.04. The summed E-state index contributed by atoms with van der Waals surface area (Å²) in [6.07, 6.45) is 0.114. The first kappa shape index (κ1) is 34.0. The number of hydrogen-bond acceptors (Lipinski definition) is 4. The molecule has 7 nitrogen and oxygen atoms in total. The summed E-state index contributed by atoms with van der Waals surface area (Å²) in [4.78, 5) is 29.4. The third-order valence-electron chi connectivity index (χ3n) is 7.06. The van der Waals surface area contributed by atoms with Crippen molar-refractivity contribution in [3.63, 3.8) is 0 Å². The topological polar surface area (TPSA) is 86.8 Å². The van der Waals surface area contributed by atoms with Crippen LogP contribution in [0.1, 0.15) is 25.0 Å². The number of anilines is 1. The minimum absolute atomic E-state index is 0.0555. The van der Waals surface area contributed by atoms with Gasteiger partial charge >= 0.3 is 0 Å². The smallest absolute Gasteiger partial charge is 0.264 e. The Balaban J connectivity index is 1.82. The molecule has 0 aromatic heterocycles. The molecule has 236 valence electrons. The van der Waals surface area contributed by atoms with Crippen molar-refractivity contribution < 1.29 is 22.4 Å². The Kier molecular flexibility index (Phi) is 11.6. The van der Waals surface area contributed by atoms with Crippen LogP contribution in [0.4, 0.5) is 10.1 Å². The van der Waals surface area contributed by atoms with Gasteiger partial charge in [0.05, 0.1) is 20.6 Å². The first-order valence-corrected chi connectivity index (χ1v) is 16.5. The van der Waals surface area contributed by atoms with E-state index in [1.807, 2.05) is 44.2 Å². The molecule has 4 aromatic rings. The molecule has 45 heavy (non-hydrogen) atoms. The maximum absolute atomic E-state index is 15.0. The van der Waals surface area contributed by atoms with Gasteiger partial charge in [0.2, 0.25) is 11.8 Å². The average molecular weight is 671 g/mol. The molecular formula is C34H34Cl2FN3O4S. The lowest BCUT2D eigenvalue weighted by Gasteiger charge is -2.34. The number of benzene rings is 4. The van der Waals surface area contributed by atoms with E-state index in [4.69, 9.17) is 23.2 Å². The molecule has 0 aliphatic carbocycles. The molecule has 11 heteroatoms. The fourth-order valence-electron chi connectivity index (χ4n) is 4.68. The van der Waals surface area contributed by atoms with Gasteiger partial charge < -0.3 is 10.2 Å². The van der Waals surface area contributed by atoms with E-state index in [0.29, 0.717) is 6.54 Å². The SMILES string of the molecule is CC(C)CNC(=O)C(Cc1ccccc1)N(Cc1ccccc1F)C(=O)CN(c1ccc(Cl)c(Cl)c1)S(=O)(=O)c1ccccc1. The van der Waals surface area contributed by atoms with Crippen molar-refractivity contribution >= 4 is 50.7 Å². The van der Waals surface area contributed by atoms with E-state index < -0.39 is 40.2 Å². The Hall–Kier alpha value is -3.92. The van der Waals surface area contributed by atoms with Crippen LogP contribution in [0.5, 0.6) is 0 Å². The zero-order valence-electron chi connectivity index (χ0n) is 24.9. The fraction of sp³-hybridized carbons (Fsp3) is 0.235. The van der Waals surface area contributed by atoms with Gasteiger partial charge in [-0.1, -0.05) is 104 Å². The zero-order valence-corrected chi connectivity index (χ0v) is 27.2. The highest BCUT2D eigenvalue weighted by Crippen LogP contribution is 2.31. The van der Waals surface area contributed by atoms with Gasteiger partial charge in [-0.25, -0.2) is 12.8 Å². The average Bonchev–Trinajstić information content (AvgIpc) is 3.03. The van der Waals surface area contributed by atoms with Crippen molar-refractivity contribution in [2.45, 2.75) is 37.8 Å². The number of nitrogens with zero attached hydrogens (tertiary/aromatic N) is 2. The van der Waals surface area contributed by atoms with E-state index in [1.165, 1.54) is 53.4 Å². The summed E-state index contributed by atoms with van der Waals surface area (Å²) < 4.78 is 44.0. The van der Waals surface area contributed by atoms with Gasteiger partial charge in [0.1, 0.15) is 18.4 Å². The molecule has 0 bridgehead atoms. The highest BCUT2D eigenvalue weighted by molar-refractivity contribution is 7.92. The minimum atomic E-state index is -4.31. The predicted octanol–water partition coefficient (Wildman–Crippen LogP) is 6.74. The van der Waals surface area contributed by atoms with Gasteiger partial charge in [-0.15, -0.1) is 0 Å². The second kappa shape index (κ2) is 15.4. The van der Waals surface area contributed by atoms with Crippen molar-refractivity contribution in [1.82, 2.24) is 10.2 Å². The number of hydrogen-bond donors (Lipinski definition) is 1. The summed E-state index contributed by atoms with van der Waals surface area (Å²) >= 11 is 12.4. The largest absolute Gasteiger partial charge is 0.354 e. The number of halogens is 3. The lowest BCUT2D eigenvalue weighted by atomic mass is 10.0. The molecule has 4 aromatic carbocycles. The third kappa shape index (κ3) is 8.84. The molecule has 1 atom stereocenters. The van der Waals surface area contributed by atoms with Gasteiger partial charge in [-0.05, 0) is 47.9 Å². The Bertz CT molecular complexity index is 1720. The van der Waals surface area contributed by atoms with Gasteiger partial charge in [-0.3, -0.25) is 13.9 Å². The molecule has 0 spiro atoms. The van der Waals surface area contributed by atoms with E-state index in [-0.39, 0.29) is 45.1 Å². The van der Waals surface area contributed by atoms with Crippen LogP contribution in [0.15, 0.2) is 108 Å². The second-order valence-electron chi connectivity index (χ2n) is 10.9. The predicted molar refractivity (Wildman–Crippen MR) is 176 cm³/mol. The first-order valence-electron chi connectivity index (χ1n) is 14.3. The van der Waals surface area contributed by atoms with E-state index in [1.54, 1.807) is 24.3 Å². The van der Waals surface area contributed by atoms with Crippen molar-refractivity contribution in [1.29, 1.82) is 0 Å². The summed E-state index contributed by atoms with van der Waals surface area (Å²) in [7, 11) is -4.31. The van der Waals surface area contributed by atoms with E-state index in [9.17, 15) is 18.0 Å². The van der Waals surface area contributed by atoms with Crippen molar-refractivity contribution in [2.75, 3.05) is 17.4 Å². The molecule has 2 amide bonds. The Morgan fingerprint density at radius 3 is 2.09 bits per heavy atom. The normalized spacial score (nSPS) is 12.0. The first-order chi connectivity index (χ1) is 21.5. The third-order valence-corrected chi connectivity index (χ3v) is 9.58. The molecule has 0 saturated heterocycles. The Morgan fingerprint density at radius 1 is 0.844 bits per heavy atom. The fourth-order valence-corrected chi connectivity index (χ4v) is 6.39. The van der Waals surface area contributed by atoms with E-state index in [2.05, 4.69) is 5.32 Å². The zero-order chi connectivity index (χ0) is 32.6. The van der Waals surface area contributed by atoms with Crippen molar-refractivity contribution in [3.8, 4) is 0 Å². The maximum atomic E-state index is 15.0. The highest BCUT2D eigenvalue weighted by Gasteiger charge is 2.35. The van der Waals surface area contributed by atoms with Crippen LogP contribution in [0.25, 0.3) is 0 Å². The van der Waals surface area contributed by atoms with Crippen molar-refractivity contribution in [3.05, 3.63) is 130 Å². The molecule has 0 radical (unpaired) electrons. The molecule has 0 aliphatic rings. The number of carbonyl (C=O) groups is 2. The molecule has 0 saturated carbocycles.